The number of halogens is 3. The van der Waals surface area contributed by atoms with E-state index in [1.54, 1.807) is 0 Å². The van der Waals surface area contributed by atoms with Gasteiger partial charge in [0.25, 0.3) is 5.91 Å². The molecule has 5 nitrogen and oxygen atoms in total. The van der Waals surface area contributed by atoms with Gasteiger partial charge in [-0.2, -0.15) is 5.10 Å². The fraction of sp³-hybridized carbons (Fsp3) is 0.231. The van der Waals surface area contributed by atoms with Gasteiger partial charge in [0, 0.05) is 23.7 Å². The molecule has 1 fully saturated rings. The SMILES string of the molecule is Nc1c(C(=O)Nc2cc(F)c(F)c(F)c2)n[nH]c1C1CC1. The number of H-pyrrole nitrogens is 1. The highest BCUT2D eigenvalue weighted by atomic mass is 19.2. The van der Waals surface area contributed by atoms with Crippen molar-refractivity contribution < 1.29 is 18.0 Å². The van der Waals surface area contributed by atoms with Crippen LogP contribution in [0.2, 0.25) is 0 Å². The third-order valence-corrected chi connectivity index (χ3v) is 3.28. The van der Waals surface area contributed by atoms with Gasteiger partial charge in [0.15, 0.2) is 23.1 Å². The molecule has 1 aromatic heterocycles. The first kappa shape index (κ1) is 13.5. The normalized spacial score (nSPS) is 14.2. The lowest BCUT2D eigenvalue weighted by atomic mass is 10.2. The quantitative estimate of drug-likeness (QED) is 0.761. The van der Waals surface area contributed by atoms with Gasteiger partial charge >= 0.3 is 0 Å². The molecule has 0 bridgehead atoms. The van der Waals surface area contributed by atoms with Crippen LogP contribution in [0.25, 0.3) is 0 Å². The van der Waals surface area contributed by atoms with Crippen LogP contribution in [0.3, 0.4) is 0 Å². The number of aromatic nitrogens is 2. The summed E-state index contributed by atoms with van der Waals surface area (Å²) in [6.45, 7) is 0. The van der Waals surface area contributed by atoms with Crippen molar-refractivity contribution in [3.05, 3.63) is 41.0 Å². The highest BCUT2D eigenvalue weighted by Gasteiger charge is 2.30. The van der Waals surface area contributed by atoms with Gasteiger partial charge in [-0.1, -0.05) is 0 Å². The van der Waals surface area contributed by atoms with E-state index in [0.717, 1.165) is 12.8 Å². The van der Waals surface area contributed by atoms with E-state index in [2.05, 4.69) is 15.5 Å². The molecule has 1 saturated carbocycles. The molecule has 0 aliphatic heterocycles. The standard InChI is InChI=1S/C13H11F3N4O/c14-7-3-6(4-8(15)9(7)16)18-13(21)12-10(17)11(19-20-12)5-1-2-5/h3-5H,1-2,17H2,(H,18,21)(H,19,20). The Morgan fingerprint density at radius 3 is 2.48 bits per heavy atom. The highest BCUT2D eigenvalue weighted by molar-refractivity contribution is 6.06. The minimum absolute atomic E-state index is 0.0537. The number of anilines is 2. The van der Waals surface area contributed by atoms with Crippen molar-refractivity contribution in [2.75, 3.05) is 11.1 Å². The second kappa shape index (κ2) is 4.80. The summed E-state index contributed by atoms with van der Waals surface area (Å²) in [6.07, 6.45) is 1.95. The number of aromatic amines is 1. The highest BCUT2D eigenvalue weighted by Crippen LogP contribution is 2.42. The van der Waals surface area contributed by atoms with E-state index in [1.807, 2.05) is 0 Å². The maximum absolute atomic E-state index is 13.1. The van der Waals surface area contributed by atoms with Crippen LogP contribution in [0.5, 0.6) is 0 Å². The second-order valence-corrected chi connectivity index (χ2v) is 4.88. The number of rotatable bonds is 3. The monoisotopic (exact) mass is 296 g/mol. The molecule has 1 amide bonds. The van der Waals surface area contributed by atoms with Gasteiger partial charge in [-0.25, -0.2) is 13.2 Å². The van der Waals surface area contributed by atoms with E-state index < -0.39 is 23.4 Å². The number of nitrogens with one attached hydrogen (secondary N) is 2. The van der Waals surface area contributed by atoms with Crippen molar-refractivity contribution in [1.29, 1.82) is 0 Å². The third kappa shape index (κ3) is 2.44. The lowest BCUT2D eigenvalue weighted by Gasteiger charge is -2.05. The molecule has 0 radical (unpaired) electrons. The van der Waals surface area contributed by atoms with Crippen LogP contribution in [0.15, 0.2) is 12.1 Å². The predicted molar refractivity (Wildman–Crippen MR) is 69.2 cm³/mol. The summed E-state index contributed by atoms with van der Waals surface area (Å²) in [5, 5.41) is 8.73. The molecule has 110 valence electrons. The first-order valence-corrected chi connectivity index (χ1v) is 6.27. The molecule has 0 spiro atoms. The van der Waals surface area contributed by atoms with Crippen LogP contribution in [-0.2, 0) is 0 Å². The number of carbonyl (C=O) groups excluding carboxylic acids is 1. The molecule has 0 atom stereocenters. The van der Waals surface area contributed by atoms with Crippen molar-refractivity contribution in [1.82, 2.24) is 10.2 Å². The summed E-state index contributed by atoms with van der Waals surface area (Å²) in [7, 11) is 0. The van der Waals surface area contributed by atoms with Gasteiger partial charge in [-0.15, -0.1) is 0 Å². The van der Waals surface area contributed by atoms with Gasteiger partial charge in [0.2, 0.25) is 0 Å². The Hall–Kier alpha value is -2.51. The Bertz CT molecular complexity index is 701. The number of nitrogens with zero attached hydrogens (tertiary/aromatic N) is 1. The number of hydrogen-bond acceptors (Lipinski definition) is 3. The Kier molecular flexibility index (Phi) is 3.08. The smallest absolute Gasteiger partial charge is 0.278 e. The summed E-state index contributed by atoms with van der Waals surface area (Å²) in [5.41, 5.74) is 6.46. The summed E-state index contributed by atoms with van der Waals surface area (Å²) in [6, 6.07) is 1.36. The lowest BCUT2D eigenvalue weighted by molar-refractivity contribution is 0.102. The van der Waals surface area contributed by atoms with Crippen molar-refractivity contribution in [2.24, 2.45) is 0 Å². The summed E-state index contributed by atoms with van der Waals surface area (Å²) >= 11 is 0. The minimum atomic E-state index is -1.59. The van der Waals surface area contributed by atoms with Gasteiger partial charge < -0.3 is 11.1 Å². The first-order chi connectivity index (χ1) is 9.97. The molecule has 8 heteroatoms. The molecule has 1 aromatic carbocycles. The predicted octanol–water partition coefficient (Wildman–Crippen LogP) is 2.54. The van der Waals surface area contributed by atoms with Crippen molar-refractivity contribution in [3.8, 4) is 0 Å². The molecule has 2 aromatic rings. The number of amides is 1. The third-order valence-electron chi connectivity index (χ3n) is 3.28. The maximum atomic E-state index is 13.1. The summed E-state index contributed by atoms with van der Waals surface area (Å²) < 4.78 is 39.0. The number of carbonyl (C=O) groups is 1. The first-order valence-electron chi connectivity index (χ1n) is 6.27. The van der Waals surface area contributed by atoms with Gasteiger partial charge in [0.05, 0.1) is 11.4 Å². The average Bonchev–Trinajstić information content (AvgIpc) is 3.19. The van der Waals surface area contributed by atoms with Crippen LogP contribution in [0.1, 0.15) is 34.9 Å². The average molecular weight is 296 g/mol. The van der Waals surface area contributed by atoms with Crippen LogP contribution < -0.4 is 11.1 Å². The molecule has 21 heavy (non-hydrogen) atoms. The van der Waals surface area contributed by atoms with Crippen LogP contribution in [0, 0.1) is 17.5 Å². The van der Waals surface area contributed by atoms with E-state index in [4.69, 9.17) is 5.73 Å². The van der Waals surface area contributed by atoms with Crippen LogP contribution in [0.4, 0.5) is 24.5 Å². The topological polar surface area (TPSA) is 83.8 Å². The number of hydrogen-bond donors (Lipinski definition) is 3. The molecular weight excluding hydrogens is 285 g/mol. The molecule has 1 heterocycles. The lowest BCUT2D eigenvalue weighted by Crippen LogP contribution is -2.15. The van der Waals surface area contributed by atoms with Crippen molar-refractivity contribution in [3.63, 3.8) is 0 Å². The van der Waals surface area contributed by atoms with Gasteiger partial charge in [-0.05, 0) is 12.8 Å². The number of nitrogen functional groups attached to an aromatic ring is 1. The summed E-state index contributed by atoms with van der Waals surface area (Å²) in [5.74, 6) is -4.82. The molecule has 3 rings (SSSR count). The molecule has 4 N–H and O–H groups in total. The zero-order valence-corrected chi connectivity index (χ0v) is 10.7. The number of benzene rings is 1. The van der Waals surface area contributed by atoms with Crippen LogP contribution >= 0.6 is 0 Å². The molecule has 0 saturated heterocycles. The second-order valence-electron chi connectivity index (χ2n) is 4.88. The van der Waals surface area contributed by atoms with Crippen molar-refractivity contribution in [2.45, 2.75) is 18.8 Å². The van der Waals surface area contributed by atoms with E-state index in [9.17, 15) is 18.0 Å². The van der Waals surface area contributed by atoms with Gasteiger partial charge in [-0.3, -0.25) is 9.89 Å². The van der Waals surface area contributed by atoms with E-state index in [-0.39, 0.29) is 23.0 Å². The fourth-order valence-electron chi connectivity index (χ4n) is 2.04. The molecule has 1 aliphatic rings. The number of nitrogens with two attached hydrogens (primary N) is 1. The Labute approximate surface area is 117 Å². The van der Waals surface area contributed by atoms with E-state index in [1.165, 1.54) is 0 Å². The Morgan fingerprint density at radius 1 is 1.29 bits per heavy atom. The Morgan fingerprint density at radius 2 is 1.90 bits per heavy atom. The van der Waals surface area contributed by atoms with Crippen molar-refractivity contribution >= 4 is 17.3 Å². The fourth-order valence-corrected chi connectivity index (χ4v) is 2.04. The molecular formula is C13H11F3N4O. The van der Waals surface area contributed by atoms with E-state index in [0.29, 0.717) is 17.8 Å². The van der Waals surface area contributed by atoms with Gasteiger partial charge in [0.1, 0.15) is 0 Å². The zero-order chi connectivity index (χ0) is 15.1. The molecule has 1 aliphatic carbocycles. The zero-order valence-electron chi connectivity index (χ0n) is 10.7. The minimum Gasteiger partial charge on any atom is -0.395 e. The largest absolute Gasteiger partial charge is 0.395 e. The van der Waals surface area contributed by atoms with E-state index >= 15 is 0 Å². The van der Waals surface area contributed by atoms with Crippen LogP contribution in [-0.4, -0.2) is 16.1 Å². The summed E-state index contributed by atoms with van der Waals surface area (Å²) in [4.78, 5) is 12.0. The maximum Gasteiger partial charge on any atom is 0.278 e. The molecule has 0 unspecified atom stereocenters. The Balaban J connectivity index is 1.83.